The van der Waals surface area contributed by atoms with Crippen LogP contribution in [0.3, 0.4) is 0 Å². The van der Waals surface area contributed by atoms with Crippen LogP contribution in [-0.2, 0) is 21.2 Å². The van der Waals surface area contributed by atoms with Crippen molar-refractivity contribution in [2.24, 2.45) is 0 Å². The van der Waals surface area contributed by atoms with Gasteiger partial charge in [-0.3, -0.25) is 0 Å². The zero-order valence-electron chi connectivity index (χ0n) is 14.0. The van der Waals surface area contributed by atoms with Crippen molar-refractivity contribution in [3.05, 3.63) is 52.0 Å². The molecule has 0 bridgehead atoms. The summed E-state index contributed by atoms with van der Waals surface area (Å²) < 4.78 is 40.7. The van der Waals surface area contributed by atoms with Crippen molar-refractivity contribution in [2.75, 3.05) is 26.2 Å². The Labute approximate surface area is 170 Å². The van der Waals surface area contributed by atoms with Crippen molar-refractivity contribution in [2.45, 2.75) is 14.7 Å². The normalized spacial score (nSPS) is 16.7. The SMILES string of the molecule is N#Cc1ccc([S+]([O-])c2cc(Cl)cc(Cl)c2)c(S(=O)(=O)N2CCNCC2)c1. The minimum absolute atomic E-state index is 0.0888. The zero-order chi connectivity index (χ0) is 19.6. The van der Waals surface area contributed by atoms with Gasteiger partial charge in [-0.2, -0.15) is 9.57 Å². The maximum Gasteiger partial charge on any atom is 0.248 e. The van der Waals surface area contributed by atoms with Crippen LogP contribution in [0.2, 0.25) is 10.0 Å². The number of piperazine rings is 1. The fourth-order valence-corrected chi connectivity index (χ4v) is 6.61. The van der Waals surface area contributed by atoms with Gasteiger partial charge in [-0.15, -0.1) is 0 Å². The summed E-state index contributed by atoms with van der Waals surface area (Å²) in [4.78, 5) is 0.234. The highest BCUT2D eigenvalue weighted by Crippen LogP contribution is 2.32. The van der Waals surface area contributed by atoms with Crippen molar-refractivity contribution in [3.63, 3.8) is 0 Å². The van der Waals surface area contributed by atoms with E-state index in [9.17, 15) is 18.2 Å². The van der Waals surface area contributed by atoms with Crippen LogP contribution in [0.15, 0.2) is 51.1 Å². The number of rotatable bonds is 4. The lowest BCUT2D eigenvalue weighted by atomic mass is 10.2. The average molecular weight is 444 g/mol. The number of hydrogen-bond acceptors (Lipinski definition) is 5. The number of nitrogens with zero attached hydrogens (tertiary/aromatic N) is 2. The third kappa shape index (κ3) is 4.41. The lowest BCUT2D eigenvalue weighted by Crippen LogP contribution is -2.46. The van der Waals surface area contributed by atoms with Gasteiger partial charge in [-0.25, -0.2) is 8.42 Å². The second-order valence-corrected chi connectivity index (χ2v) is 10.0. The van der Waals surface area contributed by atoms with Crippen molar-refractivity contribution >= 4 is 44.4 Å². The molecule has 3 rings (SSSR count). The molecule has 0 spiro atoms. The number of nitrogens with one attached hydrogen (secondary N) is 1. The summed E-state index contributed by atoms with van der Waals surface area (Å²) in [6.45, 7) is 1.65. The van der Waals surface area contributed by atoms with Crippen molar-refractivity contribution < 1.29 is 13.0 Å². The lowest BCUT2D eigenvalue weighted by molar-refractivity contribution is 0.359. The first-order chi connectivity index (χ1) is 12.8. The van der Waals surface area contributed by atoms with Crippen LogP contribution in [0.4, 0.5) is 0 Å². The van der Waals surface area contributed by atoms with Crippen molar-refractivity contribution in [1.82, 2.24) is 9.62 Å². The summed E-state index contributed by atoms with van der Waals surface area (Å²) in [5.41, 5.74) is 0.175. The molecule has 1 aliphatic rings. The summed E-state index contributed by atoms with van der Waals surface area (Å²) in [6, 6.07) is 10.5. The standard InChI is InChI=1S/C17H15Cl2N3O3S2/c18-13-8-14(19)10-15(9-13)26(23)16-2-1-12(11-20)7-17(16)27(24,25)22-5-3-21-4-6-22/h1-2,7-10,21H,3-6H2. The minimum atomic E-state index is -3.92. The Morgan fingerprint density at radius 2 is 1.74 bits per heavy atom. The van der Waals surface area contributed by atoms with Gasteiger partial charge >= 0.3 is 0 Å². The first kappa shape index (κ1) is 20.4. The molecular weight excluding hydrogens is 429 g/mol. The smallest absolute Gasteiger partial charge is 0.248 e. The van der Waals surface area contributed by atoms with Gasteiger partial charge < -0.3 is 9.87 Å². The Bertz CT molecular complexity index is 983. The third-order valence-corrected chi connectivity index (χ3v) is 7.94. The summed E-state index contributed by atoms with van der Waals surface area (Å²) in [7, 11) is -3.92. The van der Waals surface area contributed by atoms with E-state index in [4.69, 9.17) is 23.2 Å². The Morgan fingerprint density at radius 3 is 2.33 bits per heavy atom. The molecule has 1 N–H and O–H groups in total. The Kier molecular flexibility index (Phi) is 6.33. The van der Waals surface area contributed by atoms with Crippen molar-refractivity contribution in [1.29, 1.82) is 5.26 Å². The van der Waals surface area contributed by atoms with E-state index in [1.165, 1.54) is 40.7 Å². The van der Waals surface area contributed by atoms with Crippen LogP contribution in [0.1, 0.15) is 5.56 Å². The Morgan fingerprint density at radius 1 is 1.11 bits per heavy atom. The maximum atomic E-state index is 13.1. The van der Waals surface area contributed by atoms with Gasteiger partial charge in [0.15, 0.2) is 9.79 Å². The monoisotopic (exact) mass is 443 g/mol. The molecule has 6 nitrogen and oxygen atoms in total. The molecule has 142 valence electrons. The third-order valence-electron chi connectivity index (χ3n) is 4.02. The number of halogens is 2. The van der Waals surface area contributed by atoms with E-state index in [1.807, 2.05) is 6.07 Å². The molecule has 1 saturated heterocycles. The first-order valence-electron chi connectivity index (χ1n) is 7.96. The van der Waals surface area contributed by atoms with Crippen molar-refractivity contribution in [3.8, 4) is 6.07 Å². The molecule has 0 aliphatic carbocycles. The molecular formula is C17H15Cl2N3O3S2. The predicted octanol–water partition coefficient (Wildman–Crippen LogP) is 2.63. The van der Waals surface area contributed by atoms with Crippen LogP contribution >= 0.6 is 23.2 Å². The molecule has 1 unspecified atom stereocenters. The highest BCUT2D eigenvalue weighted by molar-refractivity contribution is 7.93. The molecule has 0 saturated carbocycles. The van der Waals surface area contributed by atoms with E-state index in [0.717, 1.165) is 0 Å². The van der Waals surface area contributed by atoms with Crippen LogP contribution in [-0.4, -0.2) is 43.5 Å². The van der Waals surface area contributed by atoms with Gasteiger partial charge in [-0.1, -0.05) is 23.2 Å². The quantitative estimate of drug-likeness (QED) is 0.732. The highest BCUT2D eigenvalue weighted by atomic mass is 35.5. The summed E-state index contributed by atoms with van der Waals surface area (Å²) in [6.07, 6.45) is 0. The molecule has 1 atom stereocenters. The zero-order valence-corrected chi connectivity index (χ0v) is 17.1. The number of benzene rings is 2. The van der Waals surface area contributed by atoms with Crippen LogP contribution in [0.5, 0.6) is 0 Å². The van der Waals surface area contributed by atoms with Gasteiger partial charge in [0.05, 0.1) is 11.6 Å². The van der Waals surface area contributed by atoms with Crippen LogP contribution < -0.4 is 5.32 Å². The molecule has 10 heteroatoms. The molecule has 1 heterocycles. The summed E-state index contributed by atoms with van der Waals surface area (Å²) >= 11 is 10.1. The molecule has 0 amide bonds. The fraction of sp³-hybridized carbons (Fsp3) is 0.235. The fourth-order valence-electron chi connectivity index (χ4n) is 2.72. The summed E-state index contributed by atoms with van der Waals surface area (Å²) in [5, 5.41) is 12.9. The Hall–Kier alpha value is -1.31. The van der Waals surface area contributed by atoms with Gasteiger partial charge in [0.2, 0.25) is 10.0 Å². The van der Waals surface area contributed by atoms with Gasteiger partial charge in [0.1, 0.15) is 4.90 Å². The van der Waals surface area contributed by atoms with Gasteiger partial charge in [-0.05, 0) is 24.3 Å². The largest absolute Gasteiger partial charge is 0.606 e. The maximum absolute atomic E-state index is 13.1. The molecule has 27 heavy (non-hydrogen) atoms. The topological polar surface area (TPSA) is 96.3 Å². The second kappa shape index (κ2) is 8.37. The number of nitriles is 1. The molecule has 0 radical (unpaired) electrons. The molecule has 1 fully saturated rings. The van der Waals surface area contributed by atoms with E-state index in [-0.39, 0.29) is 20.2 Å². The number of hydrogen-bond donors (Lipinski definition) is 1. The van der Waals surface area contributed by atoms with E-state index in [0.29, 0.717) is 36.2 Å². The summed E-state index contributed by atoms with van der Waals surface area (Å²) in [5.74, 6) is 0. The van der Waals surface area contributed by atoms with Crippen LogP contribution in [0, 0.1) is 11.3 Å². The molecule has 2 aromatic rings. The van der Waals surface area contributed by atoms with E-state index in [2.05, 4.69) is 5.32 Å². The number of sulfonamides is 1. The first-order valence-corrected chi connectivity index (χ1v) is 11.3. The molecule has 2 aromatic carbocycles. The van der Waals surface area contributed by atoms with Crippen LogP contribution in [0.25, 0.3) is 0 Å². The van der Waals surface area contributed by atoms with E-state index >= 15 is 0 Å². The second-order valence-electron chi connectivity index (χ2n) is 5.80. The molecule has 1 aliphatic heterocycles. The minimum Gasteiger partial charge on any atom is -0.606 e. The average Bonchev–Trinajstić information content (AvgIpc) is 2.67. The molecule has 0 aromatic heterocycles. The lowest BCUT2D eigenvalue weighted by Gasteiger charge is -2.27. The Balaban J connectivity index is 2.12. The van der Waals surface area contributed by atoms with E-state index < -0.39 is 21.2 Å². The van der Waals surface area contributed by atoms with E-state index in [1.54, 1.807) is 0 Å². The highest BCUT2D eigenvalue weighted by Gasteiger charge is 2.33. The van der Waals surface area contributed by atoms with Gasteiger partial charge in [0.25, 0.3) is 0 Å². The van der Waals surface area contributed by atoms with Gasteiger partial charge in [0, 0.05) is 59.5 Å². The predicted molar refractivity (Wildman–Crippen MR) is 104 cm³/mol.